The molecule has 1 aromatic carbocycles. The maximum absolute atomic E-state index is 13.1. The van der Waals surface area contributed by atoms with Gasteiger partial charge in [-0.05, 0) is 31.0 Å². The lowest BCUT2D eigenvalue weighted by Crippen LogP contribution is -2.53. The molecule has 1 aliphatic carbocycles. The summed E-state index contributed by atoms with van der Waals surface area (Å²) in [4.78, 5) is 56.3. The fraction of sp³-hybridized carbons (Fsp3) is 0.583. The molecule has 2 fully saturated rings. The molecule has 3 aliphatic rings. The number of imide groups is 1. The molecule has 0 unspecified atom stereocenters. The minimum absolute atomic E-state index is 0.0336. The van der Waals surface area contributed by atoms with Crippen LogP contribution in [0.3, 0.4) is 0 Å². The first-order valence-corrected chi connectivity index (χ1v) is 11.3. The second-order valence-electron chi connectivity index (χ2n) is 9.87. The number of amides is 4. The summed E-state index contributed by atoms with van der Waals surface area (Å²) in [5, 5.41) is 0. The summed E-state index contributed by atoms with van der Waals surface area (Å²) in [6.07, 6.45) is 4.92. The van der Waals surface area contributed by atoms with E-state index in [0.29, 0.717) is 42.9 Å². The Morgan fingerprint density at radius 1 is 0.839 bits per heavy atom. The van der Waals surface area contributed by atoms with Gasteiger partial charge in [-0.2, -0.15) is 0 Å². The van der Waals surface area contributed by atoms with Gasteiger partial charge in [0.2, 0.25) is 5.91 Å². The zero-order valence-electron chi connectivity index (χ0n) is 18.6. The molecule has 0 bridgehead atoms. The second-order valence-corrected chi connectivity index (χ2v) is 9.87. The summed E-state index contributed by atoms with van der Waals surface area (Å²) < 4.78 is 0. The first kappa shape index (κ1) is 21.5. The van der Waals surface area contributed by atoms with E-state index in [-0.39, 0.29) is 29.7 Å². The zero-order chi connectivity index (χ0) is 22.3. The van der Waals surface area contributed by atoms with Crippen molar-refractivity contribution in [2.45, 2.75) is 58.9 Å². The third kappa shape index (κ3) is 3.98. The highest BCUT2D eigenvalue weighted by Crippen LogP contribution is 2.31. The van der Waals surface area contributed by atoms with Gasteiger partial charge in [-0.1, -0.05) is 40.0 Å². The van der Waals surface area contributed by atoms with E-state index in [9.17, 15) is 19.2 Å². The molecule has 7 heteroatoms. The van der Waals surface area contributed by atoms with E-state index in [2.05, 4.69) is 0 Å². The average Bonchev–Trinajstić information content (AvgIpc) is 3.02. The molecule has 2 aliphatic heterocycles. The van der Waals surface area contributed by atoms with Crippen LogP contribution in [0.25, 0.3) is 0 Å². The van der Waals surface area contributed by atoms with Crippen LogP contribution in [0.2, 0.25) is 0 Å². The van der Waals surface area contributed by atoms with Crippen molar-refractivity contribution < 1.29 is 19.2 Å². The van der Waals surface area contributed by atoms with Gasteiger partial charge in [-0.15, -0.1) is 0 Å². The molecule has 2 heterocycles. The number of hydrogen-bond donors (Lipinski definition) is 0. The van der Waals surface area contributed by atoms with E-state index in [1.54, 1.807) is 28.0 Å². The minimum Gasteiger partial charge on any atom is -0.339 e. The molecule has 31 heavy (non-hydrogen) atoms. The fourth-order valence-electron chi connectivity index (χ4n) is 4.83. The van der Waals surface area contributed by atoms with Crippen LogP contribution >= 0.6 is 0 Å². The molecular formula is C24H31N3O4. The van der Waals surface area contributed by atoms with E-state index < -0.39 is 5.41 Å². The Balaban J connectivity index is 1.46. The normalized spacial score (nSPS) is 20.3. The molecule has 0 radical (unpaired) electrons. The van der Waals surface area contributed by atoms with E-state index in [1.165, 1.54) is 4.90 Å². The Morgan fingerprint density at radius 2 is 1.42 bits per heavy atom. The van der Waals surface area contributed by atoms with Crippen molar-refractivity contribution in [2.24, 2.45) is 5.41 Å². The molecule has 0 atom stereocenters. The Hall–Kier alpha value is -2.70. The van der Waals surface area contributed by atoms with Crippen LogP contribution in [-0.4, -0.2) is 70.5 Å². The third-order valence-corrected chi connectivity index (χ3v) is 6.60. The van der Waals surface area contributed by atoms with Crippen molar-refractivity contribution in [1.29, 1.82) is 0 Å². The first-order valence-electron chi connectivity index (χ1n) is 11.3. The number of rotatable bonds is 2. The van der Waals surface area contributed by atoms with Crippen LogP contribution in [0.1, 0.15) is 83.9 Å². The predicted molar refractivity (Wildman–Crippen MR) is 116 cm³/mol. The Morgan fingerprint density at radius 3 is 2.03 bits per heavy atom. The van der Waals surface area contributed by atoms with Crippen molar-refractivity contribution in [1.82, 2.24) is 14.7 Å². The van der Waals surface area contributed by atoms with Crippen LogP contribution in [0.4, 0.5) is 0 Å². The van der Waals surface area contributed by atoms with Crippen LogP contribution in [0.15, 0.2) is 18.2 Å². The largest absolute Gasteiger partial charge is 0.339 e. The number of carbonyl (C=O) groups is 4. The highest BCUT2D eigenvalue weighted by Gasteiger charge is 2.41. The minimum atomic E-state index is -0.441. The van der Waals surface area contributed by atoms with E-state index in [4.69, 9.17) is 0 Å². The summed E-state index contributed by atoms with van der Waals surface area (Å²) in [6, 6.07) is 4.80. The lowest BCUT2D eigenvalue weighted by molar-refractivity contribution is -0.140. The molecule has 7 nitrogen and oxygen atoms in total. The average molecular weight is 426 g/mol. The Labute approximate surface area is 183 Å². The van der Waals surface area contributed by atoms with Crippen molar-refractivity contribution in [3.8, 4) is 0 Å². The molecule has 0 aromatic heterocycles. The van der Waals surface area contributed by atoms with Crippen molar-refractivity contribution in [2.75, 3.05) is 26.2 Å². The lowest BCUT2D eigenvalue weighted by atomic mass is 9.94. The summed E-state index contributed by atoms with van der Waals surface area (Å²) in [7, 11) is 0. The van der Waals surface area contributed by atoms with Gasteiger partial charge >= 0.3 is 0 Å². The molecule has 1 saturated carbocycles. The molecule has 4 rings (SSSR count). The first-order chi connectivity index (χ1) is 14.7. The summed E-state index contributed by atoms with van der Waals surface area (Å²) >= 11 is 0. The van der Waals surface area contributed by atoms with Gasteiger partial charge < -0.3 is 9.80 Å². The number of fused-ring (bicyclic) bond motifs is 1. The highest BCUT2D eigenvalue weighted by molar-refractivity contribution is 6.22. The van der Waals surface area contributed by atoms with Crippen LogP contribution in [0.5, 0.6) is 0 Å². The fourth-order valence-corrected chi connectivity index (χ4v) is 4.83. The Kier molecular flexibility index (Phi) is 5.62. The molecular weight excluding hydrogens is 394 g/mol. The molecule has 1 saturated heterocycles. The van der Waals surface area contributed by atoms with Gasteiger partial charge in [0, 0.05) is 43.2 Å². The van der Waals surface area contributed by atoms with Gasteiger partial charge in [-0.25, -0.2) is 0 Å². The van der Waals surface area contributed by atoms with E-state index in [0.717, 1.165) is 32.1 Å². The maximum Gasteiger partial charge on any atom is 0.261 e. The quantitative estimate of drug-likeness (QED) is 0.683. The lowest BCUT2D eigenvalue weighted by Gasteiger charge is -2.37. The summed E-state index contributed by atoms with van der Waals surface area (Å²) in [6.45, 7) is 7.60. The van der Waals surface area contributed by atoms with Gasteiger partial charge in [0.05, 0.1) is 11.1 Å². The number of nitrogens with zero attached hydrogens (tertiary/aromatic N) is 3. The monoisotopic (exact) mass is 425 g/mol. The molecule has 0 N–H and O–H groups in total. The van der Waals surface area contributed by atoms with Crippen LogP contribution in [-0.2, 0) is 4.79 Å². The van der Waals surface area contributed by atoms with Gasteiger partial charge in [0.15, 0.2) is 0 Å². The standard InChI is InChI=1S/C24H31N3O4/c1-24(2,3)23(31)26-13-11-25(12-14-26)20(28)16-9-10-18-19(15-16)22(30)27(21(18)29)17-7-5-4-6-8-17/h9-10,15,17H,4-8,11-14H2,1-3H3. The van der Waals surface area contributed by atoms with Crippen LogP contribution < -0.4 is 0 Å². The highest BCUT2D eigenvalue weighted by atomic mass is 16.2. The molecule has 1 aromatic rings. The van der Waals surface area contributed by atoms with Gasteiger partial charge in [0.25, 0.3) is 17.7 Å². The predicted octanol–water partition coefficient (Wildman–Crippen LogP) is 2.95. The van der Waals surface area contributed by atoms with E-state index >= 15 is 0 Å². The SMILES string of the molecule is CC(C)(C)C(=O)N1CCN(C(=O)c2ccc3c(c2)C(=O)N(C2CCCCC2)C3=O)CC1. The molecule has 166 valence electrons. The smallest absolute Gasteiger partial charge is 0.261 e. The number of hydrogen-bond acceptors (Lipinski definition) is 4. The number of benzene rings is 1. The zero-order valence-corrected chi connectivity index (χ0v) is 18.6. The number of carbonyl (C=O) groups excluding carboxylic acids is 4. The van der Waals surface area contributed by atoms with Crippen LogP contribution in [0, 0.1) is 5.41 Å². The summed E-state index contributed by atoms with van der Waals surface area (Å²) in [5.74, 6) is -0.589. The third-order valence-electron chi connectivity index (χ3n) is 6.60. The molecule has 0 spiro atoms. The summed E-state index contributed by atoms with van der Waals surface area (Å²) in [5.41, 5.74) is 0.709. The number of piperazine rings is 1. The topological polar surface area (TPSA) is 78.0 Å². The molecule has 4 amide bonds. The van der Waals surface area contributed by atoms with Crippen molar-refractivity contribution >= 4 is 23.6 Å². The van der Waals surface area contributed by atoms with Gasteiger partial charge in [-0.3, -0.25) is 24.1 Å². The Bertz CT molecular complexity index is 919. The van der Waals surface area contributed by atoms with Crippen molar-refractivity contribution in [3.05, 3.63) is 34.9 Å². The van der Waals surface area contributed by atoms with Crippen molar-refractivity contribution in [3.63, 3.8) is 0 Å². The second kappa shape index (κ2) is 8.09. The van der Waals surface area contributed by atoms with Gasteiger partial charge in [0.1, 0.15) is 0 Å². The maximum atomic E-state index is 13.1. The van der Waals surface area contributed by atoms with E-state index in [1.807, 2.05) is 20.8 Å².